The first-order valence-electron chi connectivity index (χ1n) is 8.60. The van der Waals surface area contributed by atoms with Gasteiger partial charge in [0, 0.05) is 10.5 Å². The first kappa shape index (κ1) is 19.8. The summed E-state index contributed by atoms with van der Waals surface area (Å²) in [6.07, 6.45) is 0. The lowest BCUT2D eigenvalue weighted by molar-refractivity contribution is 0.102. The number of ether oxygens (including phenoxy) is 3. The van der Waals surface area contributed by atoms with Crippen LogP contribution in [-0.2, 0) is 6.61 Å². The Morgan fingerprint density at radius 3 is 2.43 bits per heavy atom. The largest absolute Gasteiger partial charge is 0.497 e. The van der Waals surface area contributed by atoms with Crippen molar-refractivity contribution in [3.05, 3.63) is 82.3 Å². The Labute approximate surface area is 172 Å². The molecular weight excluding hydrogens is 422 g/mol. The molecule has 5 nitrogen and oxygen atoms in total. The smallest absolute Gasteiger partial charge is 0.259 e. The predicted octanol–water partition coefficient (Wildman–Crippen LogP) is 5.30. The lowest BCUT2D eigenvalue weighted by Gasteiger charge is -2.14. The molecule has 0 atom stereocenters. The number of hydrogen-bond acceptors (Lipinski definition) is 4. The van der Waals surface area contributed by atoms with Crippen LogP contribution < -0.4 is 19.5 Å². The molecule has 1 N–H and O–H groups in total. The van der Waals surface area contributed by atoms with E-state index >= 15 is 0 Å². The molecule has 0 aliphatic rings. The molecular formula is C22H20BrNO4. The molecule has 3 aromatic carbocycles. The van der Waals surface area contributed by atoms with Gasteiger partial charge in [0.05, 0.1) is 25.5 Å². The fraction of sp³-hybridized carbons (Fsp3) is 0.136. The maximum absolute atomic E-state index is 12.9. The molecule has 28 heavy (non-hydrogen) atoms. The molecule has 0 fully saturated rings. The lowest BCUT2D eigenvalue weighted by Crippen LogP contribution is -2.14. The number of methoxy groups -OCH3 is 2. The topological polar surface area (TPSA) is 56.8 Å². The van der Waals surface area contributed by atoms with E-state index in [0.29, 0.717) is 35.1 Å². The zero-order chi connectivity index (χ0) is 19.9. The minimum Gasteiger partial charge on any atom is -0.497 e. The summed E-state index contributed by atoms with van der Waals surface area (Å²) >= 11 is 3.42. The molecule has 1 amide bonds. The van der Waals surface area contributed by atoms with Gasteiger partial charge in [0.25, 0.3) is 5.91 Å². The van der Waals surface area contributed by atoms with Crippen LogP contribution in [0.25, 0.3) is 0 Å². The number of amides is 1. The van der Waals surface area contributed by atoms with Gasteiger partial charge < -0.3 is 19.5 Å². The van der Waals surface area contributed by atoms with E-state index in [1.54, 1.807) is 37.4 Å². The van der Waals surface area contributed by atoms with Crippen LogP contribution in [0.2, 0.25) is 0 Å². The van der Waals surface area contributed by atoms with E-state index in [0.717, 1.165) is 10.0 Å². The van der Waals surface area contributed by atoms with Crippen molar-refractivity contribution in [1.29, 1.82) is 0 Å². The molecule has 0 heterocycles. The molecule has 3 aromatic rings. The molecule has 0 saturated heterocycles. The predicted molar refractivity (Wildman–Crippen MR) is 112 cm³/mol. The zero-order valence-electron chi connectivity index (χ0n) is 15.6. The Morgan fingerprint density at radius 2 is 1.71 bits per heavy atom. The van der Waals surface area contributed by atoms with Gasteiger partial charge in [-0.3, -0.25) is 4.79 Å². The summed E-state index contributed by atoms with van der Waals surface area (Å²) in [4.78, 5) is 12.9. The van der Waals surface area contributed by atoms with E-state index in [9.17, 15) is 4.79 Å². The fourth-order valence-electron chi connectivity index (χ4n) is 2.63. The van der Waals surface area contributed by atoms with E-state index < -0.39 is 0 Å². The molecule has 0 spiro atoms. The molecule has 0 aliphatic carbocycles. The third-order valence-corrected chi connectivity index (χ3v) is 4.57. The summed E-state index contributed by atoms with van der Waals surface area (Å²) in [6.45, 7) is 0.370. The number of hydrogen-bond donors (Lipinski definition) is 1. The fourth-order valence-corrected chi connectivity index (χ4v) is 2.99. The number of benzene rings is 3. The Hall–Kier alpha value is -2.99. The van der Waals surface area contributed by atoms with Crippen molar-refractivity contribution in [2.24, 2.45) is 0 Å². The summed E-state index contributed by atoms with van der Waals surface area (Å²) in [5.74, 6) is 1.35. The summed E-state index contributed by atoms with van der Waals surface area (Å²) in [5.41, 5.74) is 1.99. The van der Waals surface area contributed by atoms with E-state index in [1.807, 2.05) is 36.4 Å². The van der Waals surface area contributed by atoms with Crippen LogP contribution in [0.4, 0.5) is 5.69 Å². The van der Waals surface area contributed by atoms with Gasteiger partial charge in [0.2, 0.25) is 0 Å². The van der Waals surface area contributed by atoms with Crippen molar-refractivity contribution in [1.82, 2.24) is 0 Å². The number of anilines is 1. The highest BCUT2D eigenvalue weighted by Crippen LogP contribution is 2.31. The monoisotopic (exact) mass is 441 g/mol. The zero-order valence-corrected chi connectivity index (χ0v) is 17.2. The normalized spacial score (nSPS) is 10.2. The summed E-state index contributed by atoms with van der Waals surface area (Å²) in [7, 11) is 3.11. The molecule has 0 saturated carbocycles. The van der Waals surface area contributed by atoms with Crippen LogP contribution >= 0.6 is 15.9 Å². The SMILES string of the molecule is COc1ccc(NC(=O)c2cc(Br)ccc2OCc2ccccc2)c(OC)c1. The quantitative estimate of drug-likeness (QED) is 0.540. The summed E-state index contributed by atoms with van der Waals surface area (Å²) in [5, 5.41) is 2.87. The highest BCUT2D eigenvalue weighted by Gasteiger charge is 2.16. The molecule has 0 aromatic heterocycles. The molecule has 0 radical (unpaired) electrons. The molecule has 3 rings (SSSR count). The van der Waals surface area contributed by atoms with Crippen molar-refractivity contribution in [2.45, 2.75) is 6.61 Å². The van der Waals surface area contributed by atoms with Crippen molar-refractivity contribution in [3.8, 4) is 17.2 Å². The van der Waals surface area contributed by atoms with Crippen LogP contribution in [0.15, 0.2) is 71.2 Å². The maximum atomic E-state index is 12.9. The number of rotatable bonds is 7. The van der Waals surface area contributed by atoms with Crippen LogP contribution in [0.3, 0.4) is 0 Å². The van der Waals surface area contributed by atoms with Crippen molar-refractivity contribution in [3.63, 3.8) is 0 Å². The van der Waals surface area contributed by atoms with E-state index in [-0.39, 0.29) is 5.91 Å². The van der Waals surface area contributed by atoms with Crippen LogP contribution in [-0.4, -0.2) is 20.1 Å². The molecule has 6 heteroatoms. The minimum atomic E-state index is -0.298. The van der Waals surface area contributed by atoms with Gasteiger partial charge >= 0.3 is 0 Å². The molecule has 0 aliphatic heterocycles. The van der Waals surface area contributed by atoms with Gasteiger partial charge in [-0.15, -0.1) is 0 Å². The first-order chi connectivity index (χ1) is 13.6. The summed E-state index contributed by atoms with van der Waals surface area (Å²) < 4.78 is 17.2. The highest BCUT2D eigenvalue weighted by molar-refractivity contribution is 9.10. The Bertz CT molecular complexity index is 960. The van der Waals surface area contributed by atoms with Gasteiger partial charge in [-0.05, 0) is 35.9 Å². The van der Waals surface area contributed by atoms with Gasteiger partial charge in [0.15, 0.2) is 0 Å². The van der Waals surface area contributed by atoms with E-state index in [4.69, 9.17) is 14.2 Å². The second-order valence-electron chi connectivity index (χ2n) is 5.94. The number of nitrogens with one attached hydrogen (secondary N) is 1. The van der Waals surface area contributed by atoms with Crippen LogP contribution in [0.1, 0.15) is 15.9 Å². The Morgan fingerprint density at radius 1 is 0.929 bits per heavy atom. The second kappa shape index (κ2) is 9.28. The molecule has 0 unspecified atom stereocenters. The van der Waals surface area contributed by atoms with Crippen LogP contribution in [0.5, 0.6) is 17.2 Å². The number of carbonyl (C=O) groups excluding carboxylic acids is 1. The van der Waals surface area contributed by atoms with E-state index in [1.165, 1.54) is 7.11 Å². The summed E-state index contributed by atoms with van der Waals surface area (Å²) in [6, 6.07) is 20.3. The van der Waals surface area contributed by atoms with Gasteiger partial charge in [-0.2, -0.15) is 0 Å². The average Bonchev–Trinajstić information content (AvgIpc) is 2.73. The number of carbonyl (C=O) groups is 1. The first-order valence-corrected chi connectivity index (χ1v) is 9.39. The lowest BCUT2D eigenvalue weighted by atomic mass is 10.1. The van der Waals surface area contributed by atoms with Crippen molar-refractivity contribution in [2.75, 3.05) is 19.5 Å². The maximum Gasteiger partial charge on any atom is 0.259 e. The van der Waals surface area contributed by atoms with Crippen molar-refractivity contribution < 1.29 is 19.0 Å². The highest BCUT2D eigenvalue weighted by atomic mass is 79.9. The molecule has 0 bridgehead atoms. The van der Waals surface area contributed by atoms with Gasteiger partial charge in [-0.1, -0.05) is 46.3 Å². The third kappa shape index (κ3) is 4.84. The van der Waals surface area contributed by atoms with Gasteiger partial charge in [-0.25, -0.2) is 0 Å². The minimum absolute atomic E-state index is 0.298. The number of halogens is 1. The standard InChI is InChI=1S/C22H20BrNO4/c1-26-17-9-10-19(21(13-17)27-2)24-22(25)18-12-16(23)8-11-20(18)28-14-15-6-4-3-5-7-15/h3-13H,14H2,1-2H3,(H,24,25). The third-order valence-electron chi connectivity index (χ3n) is 4.08. The molecule has 144 valence electrons. The van der Waals surface area contributed by atoms with E-state index in [2.05, 4.69) is 21.2 Å². The van der Waals surface area contributed by atoms with Crippen LogP contribution in [0, 0.1) is 0 Å². The van der Waals surface area contributed by atoms with Gasteiger partial charge in [0.1, 0.15) is 23.9 Å². The Kier molecular flexibility index (Phi) is 6.55. The van der Waals surface area contributed by atoms with Crippen molar-refractivity contribution >= 4 is 27.5 Å². The Balaban J connectivity index is 1.82. The average molecular weight is 442 g/mol. The second-order valence-corrected chi connectivity index (χ2v) is 6.85.